The van der Waals surface area contributed by atoms with Crippen molar-refractivity contribution >= 4 is 5.69 Å². The zero-order valence-electron chi connectivity index (χ0n) is 14.1. The molecule has 0 spiro atoms. The first-order valence-electron chi connectivity index (χ1n) is 8.17. The van der Waals surface area contributed by atoms with Crippen molar-refractivity contribution in [2.75, 3.05) is 13.2 Å². The van der Waals surface area contributed by atoms with E-state index in [0.29, 0.717) is 25.2 Å². The molecule has 0 heterocycles. The van der Waals surface area contributed by atoms with Gasteiger partial charge < -0.3 is 9.47 Å². The number of nitrogens with zero attached hydrogens (tertiary/aromatic N) is 1. The number of hydrogen-bond acceptors (Lipinski definition) is 4. The molecule has 0 saturated carbocycles. The van der Waals surface area contributed by atoms with Gasteiger partial charge in [-0.1, -0.05) is 48.5 Å². The molecule has 0 aliphatic heterocycles. The van der Waals surface area contributed by atoms with Gasteiger partial charge in [-0.25, -0.2) is 0 Å². The summed E-state index contributed by atoms with van der Waals surface area (Å²) in [7, 11) is 0. The van der Waals surface area contributed by atoms with Crippen molar-refractivity contribution in [1.82, 2.24) is 0 Å². The van der Waals surface area contributed by atoms with Gasteiger partial charge in [-0.05, 0) is 25.8 Å². The van der Waals surface area contributed by atoms with Crippen LogP contribution in [0.4, 0.5) is 5.69 Å². The summed E-state index contributed by atoms with van der Waals surface area (Å²) in [6, 6.07) is 16.7. The molecule has 0 aromatic heterocycles. The van der Waals surface area contributed by atoms with Gasteiger partial charge in [0.05, 0.1) is 4.92 Å². The first-order valence-corrected chi connectivity index (χ1v) is 8.17. The quantitative estimate of drug-likeness (QED) is 0.390. The molecule has 5 nitrogen and oxygen atoms in total. The highest BCUT2D eigenvalue weighted by atomic mass is 16.7. The van der Waals surface area contributed by atoms with Gasteiger partial charge in [-0.3, -0.25) is 10.1 Å². The molecule has 2 aromatic rings. The smallest absolute Gasteiger partial charge is 0.272 e. The Morgan fingerprint density at radius 1 is 0.958 bits per heavy atom. The van der Waals surface area contributed by atoms with Gasteiger partial charge in [-0.15, -0.1) is 0 Å². The molecule has 128 valence electrons. The highest BCUT2D eigenvalue weighted by Gasteiger charge is 2.27. The molecule has 0 fully saturated rings. The Morgan fingerprint density at radius 3 is 2.12 bits per heavy atom. The molecule has 2 aromatic carbocycles. The summed E-state index contributed by atoms with van der Waals surface area (Å²) in [5, 5.41) is 11.3. The average Bonchev–Trinajstić information content (AvgIpc) is 2.60. The zero-order valence-corrected chi connectivity index (χ0v) is 14.1. The predicted octanol–water partition coefficient (Wildman–Crippen LogP) is 4.32. The molecule has 1 atom stereocenters. The van der Waals surface area contributed by atoms with E-state index >= 15 is 0 Å². The lowest BCUT2D eigenvalue weighted by Gasteiger charge is -2.27. The second kappa shape index (κ2) is 9.15. The highest BCUT2D eigenvalue weighted by molar-refractivity contribution is 5.41. The maximum Gasteiger partial charge on any atom is 0.272 e. The van der Waals surface area contributed by atoms with E-state index in [0.717, 1.165) is 5.56 Å². The standard InChI is InChI=1S/C19H23NO4/c1-3-23-19(24-4-2)17(15-10-6-5-7-11-15)14-16-12-8-9-13-18(16)20(21)22/h5-13,17,19H,3-4,14H2,1-2H3. The number of benzene rings is 2. The van der Waals surface area contributed by atoms with Gasteiger partial charge in [0.1, 0.15) is 0 Å². The largest absolute Gasteiger partial charge is 0.352 e. The van der Waals surface area contributed by atoms with Crippen LogP contribution in [-0.4, -0.2) is 24.4 Å². The topological polar surface area (TPSA) is 61.6 Å². The van der Waals surface area contributed by atoms with Crippen molar-refractivity contribution in [3.8, 4) is 0 Å². The van der Waals surface area contributed by atoms with E-state index in [1.54, 1.807) is 12.1 Å². The zero-order chi connectivity index (χ0) is 17.4. The van der Waals surface area contributed by atoms with Crippen LogP contribution in [0.15, 0.2) is 54.6 Å². The Hall–Kier alpha value is -2.24. The first-order chi connectivity index (χ1) is 11.7. The predicted molar refractivity (Wildman–Crippen MR) is 93.0 cm³/mol. The van der Waals surface area contributed by atoms with Crippen LogP contribution in [0.3, 0.4) is 0 Å². The third-order valence-corrected chi connectivity index (χ3v) is 3.85. The fraction of sp³-hybridized carbons (Fsp3) is 0.368. The van der Waals surface area contributed by atoms with E-state index in [1.807, 2.05) is 50.2 Å². The summed E-state index contributed by atoms with van der Waals surface area (Å²) in [4.78, 5) is 11.0. The number of rotatable bonds is 9. The number of para-hydroxylation sites is 1. The van der Waals surface area contributed by atoms with E-state index < -0.39 is 6.29 Å². The molecule has 0 aliphatic carbocycles. The van der Waals surface area contributed by atoms with Gasteiger partial charge >= 0.3 is 0 Å². The summed E-state index contributed by atoms with van der Waals surface area (Å²) in [6.45, 7) is 4.87. The van der Waals surface area contributed by atoms with E-state index in [9.17, 15) is 10.1 Å². The minimum Gasteiger partial charge on any atom is -0.352 e. The van der Waals surface area contributed by atoms with Crippen molar-refractivity contribution in [1.29, 1.82) is 0 Å². The minimum absolute atomic E-state index is 0.118. The highest BCUT2D eigenvalue weighted by Crippen LogP contribution is 2.30. The number of nitro groups is 1. The normalized spacial score (nSPS) is 12.3. The molecule has 5 heteroatoms. The Labute approximate surface area is 142 Å². The summed E-state index contributed by atoms with van der Waals surface area (Å²) in [6.07, 6.45) is 0.0356. The van der Waals surface area contributed by atoms with E-state index in [4.69, 9.17) is 9.47 Å². The lowest BCUT2D eigenvalue weighted by Crippen LogP contribution is -2.27. The molecule has 0 saturated heterocycles. The molecule has 24 heavy (non-hydrogen) atoms. The molecule has 1 unspecified atom stereocenters. The van der Waals surface area contributed by atoms with Crippen LogP contribution in [0, 0.1) is 10.1 Å². The van der Waals surface area contributed by atoms with Gasteiger partial charge in [0.25, 0.3) is 5.69 Å². The van der Waals surface area contributed by atoms with Gasteiger partial charge in [-0.2, -0.15) is 0 Å². The van der Waals surface area contributed by atoms with E-state index in [-0.39, 0.29) is 16.5 Å². The van der Waals surface area contributed by atoms with E-state index in [2.05, 4.69) is 0 Å². The first kappa shape index (κ1) is 18.1. The van der Waals surface area contributed by atoms with Crippen molar-refractivity contribution in [3.63, 3.8) is 0 Å². The molecule has 0 amide bonds. The second-order valence-electron chi connectivity index (χ2n) is 5.39. The van der Waals surface area contributed by atoms with Crippen molar-refractivity contribution in [3.05, 3.63) is 75.8 Å². The Kier molecular flexibility index (Phi) is 6.90. The Bertz CT molecular complexity index is 639. The maximum atomic E-state index is 11.3. The van der Waals surface area contributed by atoms with Gasteiger partial charge in [0.2, 0.25) is 0 Å². The number of ether oxygens (including phenoxy) is 2. The third-order valence-electron chi connectivity index (χ3n) is 3.85. The van der Waals surface area contributed by atoms with Crippen LogP contribution in [0.1, 0.15) is 30.9 Å². The van der Waals surface area contributed by atoms with Crippen molar-refractivity contribution < 1.29 is 14.4 Å². The summed E-state index contributed by atoms with van der Waals surface area (Å²) in [5.41, 5.74) is 1.86. The Balaban J connectivity index is 2.38. The van der Waals surface area contributed by atoms with Crippen LogP contribution in [0.2, 0.25) is 0 Å². The SMILES string of the molecule is CCOC(OCC)C(Cc1ccccc1[N+](=O)[O-])c1ccccc1. The van der Waals surface area contributed by atoms with Crippen LogP contribution in [0.25, 0.3) is 0 Å². The molecule has 0 aliphatic rings. The molecule has 0 N–H and O–H groups in total. The minimum atomic E-state index is -0.442. The fourth-order valence-corrected chi connectivity index (χ4v) is 2.78. The van der Waals surface area contributed by atoms with Crippen LogP contribution in [0.5, 0.6) is 0 Å². The third kappa shape index (κ3) is 4.63. The average molecular weight is 329 g/mol. The van der Waals surface area contributed by atoms with Crippen molar-refractivity contribution in [2.24, 2.45) is 0 Å². The van der Waals surface area contributed by atoms with Crippen LogP contribution >= 0.6 is 0 Å². The molecule has 0 radical (unpaired) electrons. The number of hydrogen-bond donors (Lipinski definition) is 0. The summed E-state index contributed by atoms with van der Waals surface area (Å²) < 4.78 is 11.6. The maximum absolute atomic E-state index is 11.3. The monoisotopic (exact) mass is 329 g/mol. The van der Waals surface area contributed by atoms with Crippen molar-refractivity contribution in [2.45, 2.75) is 32.5 Å². The van der Waals surface area contributed by atoms with Gasteiger partial charge in [0.15, 0.2) is 6.29 Å². The molecule has 0 bridgehead atoms. The van der Waals surface area contributed by atoms with Crippen LogP contribution in [-0.2, 0) is 15.9 Å². The lowest BCUT2D eigenvalue weighted by atomic mass is 9.90. The molecular formula is C19H23NO4. The molecule has 2 rings (SSSR count). The van der Waals surface area contributed by atoms with Crippen LogP contribution < -0.4 is 0 Å². The summed E-state index contributed by atoms with van der Waals surface area (Å²) >= 11 is 0. The lowest BCUT2D eigenvalue weighted by molar-refractivity contribution is -0.385. The fourth-order valence-electron chi connectivity index (χ4n) is 2.78. The van der Waals surface area contributed by atoms with E-state index in [1.165, 1.54) is 6.07 Å². The number of nitro benzene ring substituents is 1. The van der Waals surface area contributed by atoms with Gasteiger partial charge in [0, 0.05) is 30.8 Å². The molecular weight excluding hydrogens is 306 g/mol. The summed E-state index contributed by atoms with van der Waals surface area (Å²) in [5.74, 6) is -0.118. The Morgan fingerprint density at radius 2 is 1.54 bits per heavy atom. The second-order valence-corrected chi connectivity index (χ2v) is 5.39.